The Balaban J connectivity index is 1.63. The SMILES string of the molecule is CCOc1ccc(N2C(=O)NC(=O)/C(=C/c3cc(Br)c(OCc4ccc(C)cc4)c(OCC)c3)C2=O)cc1. The van der Waals surface area contributed by atoms with Crippen molar-refractivity contribution in [1.82, 2.24) is 5.32 Å². The van der Waals surface area contributed by atoms with Gasteiger partial charge in [-0.15, -0.1) is 0 Å². The first kappa shape index (κ1) is 26.9. The predicted octanol–water partition coefficient (Wildman–Crippen LogP) is 5.80. The highest BCUT2D eigenvalue weighted by molar-refractivity contribution is 9.10. The predicted molar refractivity (Wildman–Crippen MR) is 147 cm³/mol. The van der Waals surface area contributed by atoms with E-state index in [-0.39, 0.29) is 5.57 Å². The summed E-state index contributed by atoms with van der Waals surface area (Å²) in [6.07, 6.45) is 1.42. The molecule has 9 heteroatoms. The zero-order valence-corrected chi connectivity index (χ0v) is 22.8. The number of carbonyl (C=O) groups is 3. The van der Waals surface area contributed by atoms with Gasteiger partial charge in [-0.25, -0.2) is 9.69 Å². The van der Waals surface area contributed by atoms with Crippen molar-refractivity contribution in [3.8, 4) is 17.2 Å². The maximum atomic E-state index is 13.3. The zero-order valence-electron chi connectivity index (χ0n) is 21.2. The van der Waals surface area contributed by atoms with E-state index in [0.717, 1.165) is 16.0 Å². The van der Waals surface area contributed by atoms with Crippen molar-refractivity contribution >= 4 is 45.5 Å². The van der Waals surface area contributed by atoms with Gasteiger partial charge in [0.05, 0.1) is 23.4 Å². The lowest BCUT2D eigenvalue weighted by molar-refractivity contribution is -0.122. The molecule has 0 aromatic heterocycles. The molecule has 0 aliphatic carbocycles. The van der Waals surface area contributed by atoms with E-state index < -0.39 is 17.8 Å². The molecule has 196 valence electrons. The Morgan fingerprint density at radius 3 is 2.24 bits per heavy atom. The van der Waals surface area contributed by atoms with E-state index in [9.17, 15) is 14.4 Å². The molecule has 0 radical (unpaired) electrons. The summed E-state index contributed by atoms with van der Waals surface area (Å²) in [5, 5.41) is 2.24. The molecule has 1 N–H and O–H groups in total. The van der Waals surface area contributed by atoms with Crippen molar-refractivity contribution in [2.24, 2.45) is 0 Å². The summed E-state index contributed by atoms with van der Waals surface area (Å²) in [6, 6.07) is 17.1. The lowest BCUT2D eigenvalue weighted by Crippen LogP contribution is -2.54. The van der Waals surface area contributed by atoms with E-state index in [0.29, 0.717) is 52.8 Å². The summed E-state index contributed by atoms with van der Waals surface area (Å²) in [6.45, 7) is 6.93. The Hall–Kier alpha value is -4.11. The third-order valence-electron chi connectivity index (χ3n) is 5.65. The fourth-order valence-corrected chi connectivity index (χ4v) is 4.40. The molecule has 0 atom stereocenters. The number of benzene rings is 3. The highest BCUT2D eigenvalue weighted by Crippen LogP contribution is 2.38. The van der Waals surface area contributed by atoms with Crippen LogP contribution in [0.5, 0.6) is 17.2 Å². The van der Waals surface area contributed by atoms with Crippen molar-refractivity contribution in [2.45, 2.75) is 27.4 Å². The van der Waals surface area contributed by atoms with Gasteiger partial charge >= 0.3 is 6.03 Å². The first-order chi connectivity index (χ1) is 18.3. The normalized spacial score (nSPS) is 14.5. The Labute approximate surface area is 229 Å². The molecule has 1 aliphatic heterocycles. The summed E-state index contributed by atoms with van der Waals surface area (Å²) in [5.74, 6) is 0.0303. The molecule has 1 saturated heterocycles. The quantitative estimate of drug-likeness (QED) is 0.255. The average Bonchev–Trinajstić information content (AvgIpc) is 2.88. The van der Waals surface area contributed by atoms with Crippen LogP contribution >= 0.6 is 15.9 Å². The fourth-order valence-electron chi connectivity index (χ4n) is 3.83. The maximum Gasteiger partial charge on any atom is 0.335 e. The van der Waals surface area contributed by atoms with Crippen molar-refractivity contribution < 1.29 is 28.6 Å². The highest BCUT2D eigenvalue weighted by Gasteiger charge is 2.37. The van der Waals surface area contributed by atoms with Crippen LogP contribution in [0.15, 0.2) is 70.7 Å². The number of nitrogens with zero attached hydrogens (tertiary/aromatic N) is 1. The van der Waals surface area contributed by atoms with Gasteiger partial charge in [-0.05, 0) is 90.3 Å². The highest BCUT2D eigenvalue weighted by atomic mass is 79.9. The van der Waals surface area contributed by atoms with Crippen LogP contribution in [-0.2, 0) is 16.2 Å². The average molecular weight is 579 g/mol. The number of ether oxygens (including phenoxy) is 3. The minimum absolute atomic E-state index is 0.193. The van der Waals surface area contributed by atoms with Crippen LogP contribution in [0, 0.1) is 6.92 Å². The van der Waals surface area contributed by atoms with Gasteiger partial charge < -0.3 is 14.2 Å². The third-order valence-corrected chi connectivity index (χ3v) is 6.24. The van der Waals surface area contributed by atoms with Crippen molar-refractivity contribution in [3.63, 3.8) is 0 Å². The molecule has 8 nitrogen and oxygen atoms in total. The molecular formula is C29H27BrN2O6. The Morgan fingerprint density at radius 1 is 0.895 bits per heavy atom. The number of aryl methyl sites for hydroxylation is 1. The molecule has 38 heavy (non-hydrogen) atoms. The topological polar surface area (TPSA) is 94.2 Å². The molecule has 3 aromatic rings. The number of nitrogens with one attached hydrogen (secondary N) is 1. The lowest BCUT2D eigenvalue weighted by Gasteiger charge is -2.26. The van der Waals surface area contributed by atoms with E-state index >= 15 is 0 Å². The fraction of sp³-hybridized carbons (Fsp3) is 0.207. The van der Waals surface area contributed by atoms with Gasteiger partial charge in [-0.3, -0.25) is 14.9 Å². The van der Waals surface area contributed by atoms with Crippen LogP contribution in [0.25, 0.3) is 6.08 Å². The van der Waals surface area contributed by atoms with Crippen LogP contribution < -0.4 is 24.4 Å². The second-order valence-corrected chi connectivity index (χ2v) is 9.28. The Bertz CT molecular complexity index is 1380. The van der Waals surface area contributed by atoms with E-state index in [2.05, 4.69) is 21.2 Å². The van der Waals surface area contributed by atoms with Gasteiger partial charge in [-0.1, -0.05) is 29.8 Å². The smallest absolute Gasteiger partial charge is 0.335 e. The van der Waals surface area contributed by atoms with E-state index in [1.165, 1.54) is 6.08 Å². The van der Waals surface area contributed by atoms with Gasteiger partial charge in [0.1, 0.15) is 17.9 Å². The van der Waals surface area contributed by atoms with Gasteiger partial charge in [0.25, 0.3) is 11.8 Å². The van der Waals surface area contributed by atoms with Crippen LogP contribution in [0.2, 0.25) is 0 Å². The molecule has 0 bridgehead atoms. The summed E-state index contributed by atoms with van der Waals surface area (Å²) in [5.41, 5.74) is 2.79. The minimum atomic E-state index is -0.822. The molecule has 0 spiro atoms. The largest absolute Gasteiger partial charge is 0.494 e. The van der Waals surface area contributed by atoms with Crippen LogP contribution in [-0.4, -0.2) is 31.1 Å². The minimum Gasteiger partial charge on any atom is -0.494 e. The maximum absolute atomic E-state index is 13.3. The van der Waals surface area contributed by atoms with Gasteiger partial charge in [-0.2, -0.15) is 0 Å². The first-order valence-electron chi connectivity index (χ1n) is 12.1. The molecule has 1 fully saturated rings. The lowest BCUT2D eigenvalue weighted by atomic mass is 10.1. The number of carbonyl (C=O) groups excluding carboxylic acids is 3. The summed E-state index contributed by atoms with van der Waals surface area (Å²) in [7, 11) is 0. The number of halogens is 1. The zero-order chi connectivity index (χ0) is 27.2. The van der Waals surface area contributed by atoms with Gasteiger partial charge in [0.15, 0.2) is 11.5 Å². The number of hydrogen-bond donors (Lipinski definition) is 1. The van der Waals surface area contributed by atoms with Crippen LogP contribution in [0.4, 0.5) is 10.5 Å². The number of anilines is 1. The number of imide groups is 2. The summed E-state index contributed by atoms with van der Waals surface area (Å²) in [4.78, 5) is 39.4. The van der Waals surface area contributed by atoms with E-state index in [4.69, 9.17) is 14.2 Å². The van der Waals surface area contributed by atoms with Crippen molar-refractivity contribution in [3.05, 3.63) is 87.4 Å². The van der Waals surface area contributed by atoms with Crippen LogP contribution in [0.3, 0.4) is 0 Å². The molecule has 0 unspecified atom stereocenters. The second-order valence-electron chi connectivity index (χ2n) is 8.42. The molecule has 4 rings (SSSR count). The molecule has 3 aromatic carbocycles. The number of hydrogen-bond acceptors (Lipinski definition) is 6. The molecule has 1 aliphatic rings. The summed E-state index contributed by atoms with van der Waals surface area (Å²) < 4.78 is 17.9. The molecular weight excluding hydrogens is 552 g/mol. The van der Waals surface area contributed by atoms with Gasteiger partial charge in [0.2, 0.25) is 0 Å². The third kappa shape index (κ3) is 6.06. The standard InChI is InChI=1S/C29H27BrN2O6/c1-4-36-22-12-10-21(11-13-22)32-28(34)23(27(33)31-29(32)35)14-20-15-24(30)26(25(16-20)37-5-2)38-17-19-8-6-18(3)7-9-19/h6-16H,4-5,17H2,1-3H3,(H,31,33,35)/b23-14-. The Morgan fingerprint density at radius 2 is 1.58 bits per heavy atom. The molecule has 1 heterocycles. The van der Waals surface area contributed by atoms with Crippen molar-refractivity contribution in [1.29, 1.82) is 0 Å². The summed E-state index contributed by atoms with van der Waals surface area (Å²) >= 11 is 3.53. The molecule has 4 amide bonds. The number of urea groups is 1. The second kappa shape index (κ2) is 12.0. The van der Waals surface area contributed by atoms with E-state index in [1.807, 2.05) is 45.0 Å². The van der Waals surface area contributed by atoms with E-state index in [1.54, 1.807) is 36.4 Å². The van der Waals surface area contributed by atoms with Crippen LogP contribution in [0.1, 0.15) is 30.5 Å². The van der Waals surface area contributed by atoms with Crippen molar-refractivity contribution in [2.75, 3.05) is 18.1 Å². The number of rotatable bonds is 9. The first-order valence-corrected chi connectivity index (χ1v) is 12.9. The number of amides is 4. The number of barbiturate groups is 1. The molecule has 0 saturated carbocycles. The monoisotopic (exact) mass is 578 g/mol. The van der Waals surface area contributed by atoms with Gasteiger partial charge in [0, 0.05) is 0 Å². The Kier molecular flexibility index (Phi) is 8.48.